The lowest BCUT2D eigenvalue weighted by molar-refractivity contribution is 0.0404. The van der Waals surface area contributed by atoms with Gasteiger partial charge < -0.3 is 15.3 Å². The van der Waals surface area contributed by atoms with Gasteiger partial charge >= 0.3 is 0 Å². The summed E-state index contributed by atoms with van der Waals surface area (Å²) in [5, 5.41) is 25.1. The predicted octanol–water partition coefficient (Wildman–Crippen LogP) is -0.572. The van der Waals surface area contributed by atoms with E-state index in [1.54, 1.807) is 0 Å². The summed E-state index contributed by atoms with van der Waals surface area (Å²) >= 11 is 0. The minimum atomic E-state index is -1.22. The first-order chi connectivity index (χ1) is 3.72. The van der Waals surface area contributed by atoms with Crippen molar-refractivity contribution in [2.75, 3.05) is 0 Å². The average Bonchev–Trinajstić information content (AvgIpc) is 1.84. The van der Waals surface area contributed by atoms with Crippen LogP contribution in [0, 0.1) is 6.61 Å². The third kappa shape index (κ3) is 2.07. The summed E-state index contributed by atoms with van der Waals surface area (Å²) in [7, 11) is 0. The number of aliphatic hydroxyl groups excluding tert-OH is 3. The molecule has 0 amide bonds. The van der Waals surface area contributed by atoms with Gasteiger partial charge in [-0.25, -0.2) is 0 Å². The molecule has 0 spiro atoms. The van der Waals surface area contributed by atoms with Crippen molar-refractivity contribution < 1.29 is 15.3 Å². The molecule has 47 valence electrons. The van der Waals surface area contributed by atoms with Crippen molar-refractivity contribution in [2.45, 2.75) is 12.2 Å². The van der Waals surface area contributed by atoms with Crippen molar-refractivity contribution in [3.05, 3.63) is 19.3 Å². The van der Waals surface area contributed by atoms with E-state index in [9.17, 15) is 0 Å². The predicted molar refractivity (Wildman–Crippen MR) is 28.4 cm³/mol. The van der Waals surface area contributed by atoms with E-state index < -0.39 is 12.2 Å². The largest absolute Gasteiger partial charge is 0.387 e. The minimum Gasteiger partial charge on any atom is -0.387 e. The number of aliphatic hydroxyl groups is 3. The van der Waals surface area contributed by atoms with E-state index in [0.29, 0.717) is 6.61 Å². The Kier molecular flexibility index (Phi) is 3.43. The summed E-state index contributed by atoms with van der Waals surface area (Å²) in [6.07, 6.45) is -1.15. The van der Waals surface area contributed by atoms with E-state index >= 15 is 0 Å². The van der Waals surface area contributed by atoms with Crippen molar-refractivity contribution >= 4 is 0 Å². The molecule has 2 unspecified atom stereocenters. The standard InChI is InChI=1S/C5H9O3/c1-2-4(7)5(8)3-6/h2-8H,1H2. The molecule has 0 aliphatic carbocycles. The van der Waals surface area contributed by atoms with Gasteiger partial charge in [0.2, 0.25) is 0 Å². The van der Waals surface area contributed by atoms with E-state index in [4.69, 9.17) is 15.3 Å². The summed E-state index contributed by atoms with van der Waals surface area (Å²) < 4.78 is 0. The topological polar surface area (TPSA) is 60.7 Å². The number of hydrogen-bond acceptors (Lipinski definition) is 3. The first-order valence-corrected chi connectivity index (χ1v) is 2.18. The van der Waals surface area contributed by atoms with Gasteiger partial charge in [-0.2, -0.15) is 0 Å². The van der Waals surface area contributed by atoms with Gasteiger partial charge in [-0.3, -0.25) is 0 Å². The highest BCUT2D eigenvalue weighted by molar-refractivity contribution is 4.87. The zero-order valence-corrected chi connectivity index (χ0v) is 4.36. The lowest BCUT2D eigenvalue weighted by Gasteiger charge is -2.08. The molecule has 3 nitrogen and oxygen atoms in total. The Morgan fingerprint density at radius 2 is 1.75 bits per heavy atom. The molecule has 0 aliphatic heterocycles. The van der Waals surface area contributed by atoms with Crippen LogP contribution in [0.15, 0.2) is 12.7 Å². The van der Waals surface area contributed by atoms with E-state index in [-0.39, 0.29) is 0 Å². The second-order valence-electron chi connectivity index (χ2n) is 1.37. The van der Waals surface area contributed by atoms with Crippen LogP contribution in [0.3, 0.4) is 0 Å². The van der Waals surface area contributed by atoms with Gasteiger partial charge in [-0.1, -0.05) is 6.08 Å². The van der Waals surface area contributed by atoms with Gasteiger partial charge in [-0.15, -0.1) is 6.58 Å². The zero-order valence-electron chi connectivity index (χ0n) is 4.36. The van der Waals surface area contributed by atoms with Gasteiger partial charge in [0.25, 0.3) is 0 Å². The average molecular weight is 117 g/mol. The van der Waals surface area contributed by atoms with Gasteiger partial charge in [0.1, 0.15) is 18.8 Å². The quantitative estimate of drug-likeness (QED) is 0.434. The minimum absolute atomic E-state index is 0.506. The van der Waals surface area contributed by atoms with Gasteiger partial charge in [0, 0.05) is 0 Å². The third-order valence-electron chi connectivity index (χ3n) is 0.744. The molecule has 0 aromatic carbocycles. The zero-order chi connectivity index (χ0) is 6.57. The van der Waals surface area contributed by atoms with Crippen LogP contribution in [-0.2, 0) is 0 Å². The summed E-state index contributed by atoms with van der Waals surface area (Å²) in [5.74, 6) is 0. The molecular formula is C5H9O3. The molecule has 0 saturated carbocycles. The van der Waals surface area contributed by atoms with Gasteiger partial charge in [0.05, 0.1) is 0 Å². The van der Waals surface area contributed by atoms with Crippen molar-refractivity contribution in [2.24, 2.45) is 0 Å². The Labute approximate surface area is 47.9 Å². The number of hydrogen-bond donors (Lipinski definition) is 3. The molecule has 0 rings (SSSR count). The van der Waals surface area contributed by atoms with Gasteiger partial charge in [0.15, 0.2) is 0 Å². The maximum atomic E-state index is 8.57. The lowest BCUT2D eigenvalue weighted by Crippen LogP contribution is -2.23. The molecule has 0 aliphatic rings. The SMILES string of the molecule is C=CC(O)C(O)[CH]O. The molecule has 0 heterocycles. The maximum absolute atomic E-state index is 8.57. The second kappa shape index (κ2) is 3.60. The Morgan fingerprint density at radius 1 is 1.25 bits per heavy atom. The van der Waals surface area contributed by atoms with E-state index in [1.807, 2.05) is 0 Å². The van der Waals surface area contributed by atoms with Crippen molar-refractivity contribution in [3.8, 4) is 0 Å². The summed E-state index contributed by atoms with van der Waals surface area (Å²) in [6.45, 7) is 3.69. The van der Waals surface area contributed by atoms with Crippen LogP contribution in [0.2, 0.25) is 0 Å². The van der Waals surface area contributed by atoms with Crippen LogP contribution >= 0.6 is 0 Å². The Balaban J connectivity index is 3.44. The molecule has 0 aromatic heterocycles. The van der Waals surface area contributed by atoms with Gasteiger partial charge in [-0.05, 0) is 0 Å². The highest BCUT2D eigenvalue weighted by Gasteiger charge is 2.09. The monoisotopic (exact) mass is 117 g/mol. The molecule has 0 bridgehead atoms. The molecule has 3 N–H and O–H groups in total. The van der Waals surface area contributed by atoms with Crippen molar-refractivity contribution in [1.82, 2.24) is 0 Å². The van der Waals surface area contributed by atoms with Crippen molar-refractivity contribution in [3.63, 3.8) is 0 Å². The molecule has 0 fully saturated rings. The Hall–Kier alpha value is -0.380. The fourth-order valence-electron chi connectivity index (χ4n) is 0.228. The van der Waals surface area contributed by atoms with Crippen LogP contribution in [0.25, 0.3) is 0 Å². The van der Waals surface area contributed by atoms with Crippen LogP contribution in [-0.4, -0.2) is 27.5 Å². The van der Waals surface area contributed by atoms with Crippen molar-refractivity contribution in [1.29, 1.82) is 0 Å². The molecule has 3 heteroatoms. The normalized spacial score (nSPS) is 17.4. The lowest BCUT2D eigenvalue weighted by atomic mass is 10.2. The van der Waals surface area contributed by atoms with E-state index in [0.717, 1.165) is 6.08 Å². The molecule has 0 aromatic rings. The second-order valence-corrected chi connectivity index (χ2v) is 1.37. The molecule has 2 atom stereocenters. The highest BCUT2D eigenvalue weighted by Crippen LogP contribution is 1.94. The van der Waals surface area contributed by atoms with E-state index in [2.05, 4.69) is 6.58 Å². The molecular weight excluding hydrogens is 108 g/mol. The van der Waals surface area contributed by atoms with Crippen LogP contribution in [0.4, 0.5) is 0 Å². The summed E-state index contributed by atoms with van der Waals surface area (Å²) in [6, 6.07) is 0. The number of rotatable bonds is 3. The van der Waals surface area contributed by atoms with E-state index in [1.165, 1.54) is 0 Å². The Morgan fingerprint density at radius 3 is 1.88 bits per heavy atom. The van der Waals surface area contributed by atoms with Crippen LogP contribution in [0.5, 0.6) is 0 Å². The molecule has 1 radical (unpaired) electrons. The van der Waals surface area contributed by atoms with Crippen LogP contribution in [0.1, 0.15) is 0 Å². The summed E-state index contributed by atoms with van der Waals surface area (Å²) in [5.41, 5.74) is 0. The molecule has 8 heavy (non-hydrogen) atoms. The Bertz CT molecular complexity index is 72.1. The molecule has 0 saturated heterocycles. The first-order valence-electron chi connectivity index (χ1n) is 2.18. The smallest absolute Gasteiger partial charge is 0.112 e. The fourth-order valence-corrected chi connectivity index (χ4v) is 0.228. The third-order valence-corrected chi connectivity index (χ3v) is 0.744. The summed E-state index contributed by atoms with van der Waals surface area (Å²) in [4.78, 5) is 0. The first kappa shape index (κ1) is 7.62. The maximum Gasteiger partial charge on any atom is 0.112 e. The van der Waals surface area contributed by atoms with Crippen LogP contribution < -0.4 is 0 Å². The fraction of sp³-hybridized carbons (Fsp3) is 0.400. The highest BCUT2D eigenvalue weighted by atomic mass is 16.4.